The molecule has 26 heavy (non-hydrogen) atoms. The van der Waals surface area contributed by atoms with Crippen molar-refractivity contribution in [2.24, 2.45) is 0 Å². The molecule has 2 aromatic rings. The highest BCUT2D eigenvalue weighted by molar-refractivity contribution is 6.34. The summed E-state index contributed by atoms with van der Waals surface area (Å²) < 4.78 is 13.8. The molecule has 1 heterocycles. The summed E-state index contributed by atoms with van der Waals surface area (Å²) in [5, 5.41) is 3.01. The van der Waals surface area contributed by atoms with E-state index in [1.54, 1.807) is 18.2 Å². The molecule has 5 nitrogen and oxygen atoms in total. The maximum absolute atomic E-state index is 13.8. The smallest absolute Gasteiger partial charge is 0.258 e. The molecule has 0 spiro atoms. The van der Waals surface area contributed by atoms with Gasteiger partial charge in [-0.15, -0.1) is 0 Å². The molecule has 7 heteroatoms. The number of hydrogen-bond acceptors (Lipinski definition) is 4. The van der Waals surface area contributed by atoms with Crippen LogP contribution in [-0.2, 0) is 0 Å². The number of anilines is 3. The van der Waals surface area contributed by atoms with Crippen LogP contribution in [0.15, 0.2) is 36.4 Å². The number of rotatable bonds is 4. The first-order valence-electron chi connectivity index (χ1n) is 8.61. The molecule has 1 saturated heterocycles. The Labute approximate surface area is 157 Å². The molecule has 1 amide bonds. The zero-order valence-electron chi connectivity index (χ0n) is 14.6. The van der Waals surface area contributed by atoms with Gasteiger partial charge < -0.3 is 20.9 Å². The minimum Gasteiger partial charge on any atom is -0.397 e. The maximum atomic E-state index is 13.8. The van der Waals surface area contributed by atoms with Gasteiger partial charge in [-0.1, -0.05) is 30.7 Å². The third-order valence-corrected chi connectivity index (χ3v) is 4.96. The van der Waals surface area contributed by atoms with Gasteiger partial charge in [0.25, 0.3) is 5.91 Å². The Morgan fingerprint density at radius 1 is 1.23 bits per heavy atom. The van der Waals surface area contributed by atoms with Gasteiger partial charge in [-0.3, -0.25) is 4.79 Å². The Kier molecular flexibility index (Phi) is 5.64. The van der Waals surface area contributed by atoms with Gasteiger partial charge in [0.15, 0.2) is 0 Å². The zero-order valence-corrected chi connectivity index (χ0v) is 15.4. The maximum Gasteiger partial charge on any atom is 0.258 e. The van der Waals surface area contributed by atoms with Gasteiger partial charge in [0.1, 0.15) is 5.82 Å². The van der Waals surface area contributed by atoms with Crippen LogP contribution in [0, 0.1) is 5.82 Å². The Bertz CT molecular complexity index is 806. The van der Waals surface area contributed by atoms with Crippen LogP contribution in [0.4, 0.5) is 21.5 Å². The molecule has 0 atom stereocenters. The molecule has 0 bridgehead atoms. The molecule has 1 fully saturated rings. The van der Waals surface area contributed by atoms with Crippen molar-refractivity contribution in [3.8, 4) is 0 Å². The number of hydrogen-bond donors (Lipinski definition) is 2. The van der Waals surface area contributed by atoms with Crippen LogP contribution in [-0.4, -0.2) is 43.5 Å². The highest BCUT2D eigenvalue weighted by atomic mass is 35.5. The van der Waals surface area contributed by atoms with Gasteiger partial charge in [-0.25, -0.2) is 4.39 Å². The van der Waals surface area contributed by atoms with E-state index in [0.717, 1.165) is 38.4 Å². The van der Waals surface area contributed by atoms with Crippen molar-refractivity contribution in [1.82, 2.24) is 4.90 Å². The van der Waals surface area contributed by atoms with Crippen LogP contribution in [0.5, 0.6) is 0 Å². The summed E-state index contributed by atoms with van der Waals surface area (Å²) in [5.74, 6) is -1.12. The number of likely N-dealkylation sites (N-methyl/N-ethyl adjacent to an activating group) is 1. The lowest BCUT2D eigenvalue weighted by Crippen LogP contribution is -2.46. The predicted molar refractivity (Wildman–Crippen MR) is 105 cm³/mol. The van der Waals surface area contributed by atoms with Gasteiger partial charge >= 0.3 is 0 Å². The average molecular weight is 377 g/mol. The fraction of sp³-hybridized carbons (Fsp3) is 0.316. The lowest BCUT2D eigenvalue weighted by molar-refractivity contribution is 0.102. The second-order valence-electron chi connectivity index (χ2n) is 6.25. The number of halogens is 2. The van der Waals surface area contributed by atoms with Gasteiger partial charge in [-0.2, -0.15) is 0 Å². The predicted octanol–water partition coefficient (Wildman–Crippen LogP) is 3.46. The molecule has 0 aromatic heterocycles. The Hall–Kier alpha value is -2.31. The number of benzene rings is 2. The third-order valence-electron chi connectivity index (χ3n) is 4.64. The summed E-state index contributed by atoms with van der Waals surface area (Å²) in [6, 6.07) is 9.22. The lowest BCUT2D eigenvalue weighted by Gasteiger charge is -2.36. The minimum absolute atomic E-state index is 0.0292. The van der Waals surface area contributed by atoms with Crippen LogP contribution in [0.2, 0.25) is 5.02 Å². The standard InChI is InChI=1S/C19H22ClFN4O/c1-2-24-7-9-25(10-8-24)18-12-17(14(20)11-16(18)22)23-19(26)13-5-3-4-6-15(13)21/h3-6,11-12H,2,7-10,22H2,1H3,(H,23,26). The van der Waals surface area contributed by atoms with E-state index >= 15 is 0 Å². The van der Waals surface area contributed by atoms with E-state index in [1.165, 1.54) is 18.2 Å². The molecular weight excluding hydrogens is 355 g/mol. The molecule has 0 unspecified atom stereocenters. The first-order valence-corrected chi connectivity index (χ1v) is 8.99. The summed E-state index contributed by atoms with van der Waals surface area (Å²) in [4.78, 5) is 16.9. The quantitative estimate of drug-likeness (QED) is 0.802. The summed E-state index contributed by atoms with van der Waals surface area (Å²) in [5.41, 5.74) is 7.92. The second kappa shape index (κ2) is 7.93. The number of carbonyl (C=O) groups excluding carboxylic acids is 1. The Morgan fingerprint density at radius 2 is 1.92 bits per heavy atom. The molecule has 138 valence electrons. The molecule has 1 aliphatic rings. The highest BCUT2D eigenvalue weighted by Crippen LogP contribution is 2.34. The monoisotopic (exact) mass is 376 g/mol. The molecule has 0 radical (unpaired) electrons. The zero-order chi connectivity index (χ0) is 18.7. The van der Waals surface area contributed by atoms with Gasteiger partial charge in [-0.05, 0) is 30.8 Å². The summed E-state index contributed by atoms with van der Waals surface area (Å²) in [7, 11) is 0. The van der Waals surface area contributed by atoms with Gasteiger partial charge in [0.2, 0.25) is 0 Å². The number of nitrogen functional groups attached to an aromatic ring is 1. The summed E-state index contributed by atoms with van der Waals surface area (Å²) >= 11 is 6.24. The van der Waals surface area contributed by atoms with Crippen molar-refractivity contribution < 1.29 is 9.18 Å². The van der Waals surface area contributed by atoms with E-state index in [-0.39, 0.29) is 5.56 Å². The second-order valence-corrected chi connectivity index (χ2v) is 6.65. The van der Waals surface area contributed by atoms with E-state index in [9.17, 15) is 9.18 Å². The average Bonchev–Trinajstić information content (AvgIpc) is 2.64. The van der Waals surface area contributed by atoms with Crippen LogP contribution in [0.3, 0.4) is 0 Å². The lowest BCUT2D eigenvalue weighted by atomic mass is 10.1. The third kappa shape index (κ3) is 3.92. The fourth-order valence-corrected chi connectivity index (χ4v) is 3.31. The number of piperazine rings is 1. The van der Waals surface area contributed by atoms with E-state index in [0.29, 0.717) is 16.4 Å². The summed E-state index contributed by atoms with van der Waals surface area (Å²) in [6.45, 7) is 6.77. The molecule has 2 aromatic carbocycles. The van der Waals surface area contributed by atoms with Crippen molar-refractivity contribution in [3.05, 3.63) is 52.8 Å². The fourth-order valence-electron chi connectivity index (χ4n) is 3.09. The molecule has 1 aliphatic heterocycles. The molecular formula is C19H22ClFN4O. The van der Waals surface area contributed by atoms with E-state index < -0.39 is 11.7 Å². The van der Waals surface area contributed by atoms with Crippen LogP contribution in [0.25, 0.3) is 0 Å². The van der Waals surface area contributed by atoms with Crippen molar-refractivity contribution >= 4 is 34.6 Å². The van der Waals surface area contributed by atoms with Gasteiger partial charge in [0, 0.05) is 26.2 Å². The molecule has 3 rings (SSSR count). The highest BCUT2D eigenvalue weighted by Gasteiger charge is 2.20. The van der Waals surface area contributed by atoms with Crippen molar-refractivity contribution in [2.75, 3.05) is 48.7 Å². The Morgan fingerprint density at radius 3 is 2.58 bits per heavy atom. The number of nitrogens with one attached hydrogen (secondary N) is 1. The topological polar surface area (TPSA) is 61.6 Å². The van der Waals surface area contributed by atoms with Crippen molar-refractivity contribution in [3.63, 3.8) is 0 Å². The van der Waals surface area contributed by atoms with E-state index in [2.05, 4.69) is 22.0 Å². The van der Waals surface area contributed by atoms with Crippen LogP contribution >= 0.6 is 11.6 Å². The molecule has 3 N–H and O–H groups in total. The van der Waals surface area contributed by atoms with Crippen molar-refractivity contribution in [1.29, 1.82) is 0 Å². The number of nitrogens with zero attached hydrogens (tertiary/aromatic N) is 2. The van der Waals surface area contributed by atoms with Gasteiger partial charge in [0.05, 0.1) is 27.6 Å². The normalized spacial score (nSPS) is 15.1. The van der Waals surface area contributed by atoms with E-state index in [4.69, 9.17) is 17.3 Å². The largest absolute Gasteiger partial charge is 0.397 e. The Balaban J connectivity index is 1.82. The van der Waals surface area contributed by atoms with Crippen LogP contribution < -0.4 is 16.0 Å². The van der Waals surface area contributed by atoms with Crippen LogP contribution in [0.1, 0.15) is 17.3 Å². The molecule has 0 aliphatic carbocycles. The van der Waals surface area contributed by atoms with Crippen molar-refractivity contribution in [2.45, 2.75) is 6.92 Å². The van der Waals surface area contributed by atoms with E-state index in [1.807, 2.05) is 0 Å². The SMILES string of the molecule is CCN1CCN(c2cc(NC(=O)c3ccccc3F)c(Cl)cc2N)CC1. The minimum atomic E-state index is -0.576. The molecule has 0 saturated carbocycles. The first kappa shape index (κ1) is 18.5. The number of carbonyl (C=O) groups is 1. The summed E-state index contributed by atoms with van der Waals surface area (Å²) in [6.07, 6.45) is 0. The first-order chi connectivity index (χ1) is 12.5. The number of amides is 1. The number of nitrogens with two attached hydrogens (primary N) is 1.